The van der Waals surface area contributed by atoms with Crippen LogP contribution < -0.4 is 5.32 Å². The van der Waals surface area contributed by atoms with Crippen molar-refractivity contribution < 1.29 is 0 Å². The van der Waals surface area contributed by atoms with E-state index in [1.807, 2.05) is 12.1 Å². The van der Waals surface area contributed by atoms with E-state index in [0.29, 0.717) is 11.5 Å². The molecular weight excluding hydrogens is 218 g/mol. The van der Waals surface area contributed by atoms with Gasteiger partial charge in [-0.2, -0.15) is 0 Å². The van der Waals surface area contributed by atoms with Crippen molar-refractivity contribution >= 4 is 17.3 Å². The van der Waals surface area contributed by atoms with Gasteiger partial charge >= 0.3 is 0 Å². The molecule has 1 N–H and O–H groups in total. The normalized spacial score (nSPS) is 23.4. The van der Waals surface area contributed by atoms with Crippen LogP contribution in [-0.4, -0.2) is 6.04 Å². The zero-order valence-electron chi connectivity index (χ0n) is 10.3. The van der Waals surface area contributed by atoms with Crippen LogP contribution >= 0.6 is 11.6 Å². The monoisotopic (exact) mass is 237 g/mol. The molecule has 0 aromatic heterocycles. The van der Waals surface area contributed by atoms with Gasteiger partial charge in [0.25, 0.3) is 0 Å². The molecule has 1 fully saturated rings. The molecular formula is C14H20ClN. The first kappa shape index (κ1) is 11.8. The van der Waals surface area contributed by atoms with Gasteiger partial charge in [-0.15, -0.1) is 0 Å². The minimum Gasteiger partial charge on any atom is -0.382 e. The van der Waals surface area contributed by atoms with Gasteiger partial charge in [-0.3, -0.25) is 0 Å². The summed E-state index contributed by atoms with van der Waals surface area (Å²) < 4.78 is 0. The molecule has 1 aliphatic carbocycles. The molecule has 0 radical (unpaired) electrons. The number of halogens is 1. The summed E-state index contributed by atoms with van der Waals surface area (Å²) in [6, 6.07) is 6.66. The van der Waals surface area contributed by atoms with Crippen LogP contribution in [-0.2, 0) is 0 Å². The molecule has 1 unspecified atom stereocenters. The highest BCUT2D eigenvalue weighted by Gasteiger charge is 2.34. The molecule has 0 amide bonds. The molecule has 0 aliphatic heterocycles. The van der Waals surface area contributed by atoms with Gasteiger partial charge in [0.15, 0.2) is 0 Å². The van der Waals surface area contributed by atoms with Crippen molar-refractivity contribution in [2.75, 3.05) is 5.32 Å². The lowest BCUT2D eigenvalue weighted by molar-refractivity contribution is 0.350. The summed E-state index contributed by atoms with van der Waals surface area (Å²) in [5.74, 6) is 0. The molecule has 0 spiro atoms. The molecule has 1 atom stereocenters. The lowest BCUT2D eigenvalue weighted by atomic mass is 9.87. The van der Waals surface area contributed by atoms with Crippen molar-refractivity contribution in [2.45, 2.75) is 46.1 Å². The molecule has 1 nitrogen and oxygen atoms in total. The van der Waals surface area contributed by atoms with E-state index in [1.54, 1.807) is 0 Å². The van der Waals surface area contributed by atoms with Crippen molar-refractivity contribution in [3.8, 4) is 0 Å². The Kier molecular flexibility index (Phi) is 3.16. The molecule has 88 valence electrons. The van der Waals surface area contributed by atoms with Gasteiger partial charge in [0.1, 0.15) is 0 Å². The van der Waals surface area contributed by atoms with E-state index in [2.05, 4.69) is 32.2 Å². The second kappa shape index (κ2) is 4.29. The van der Waals surface area contributed by atoms with Crippen LogP contribution in [0.4, 0.5) is 5.69 Å². The predicted octanol–water partition coefficient (Wildman–Crippen LogP) is 4.64. The van der Waals surface area contributed by atoms with Crippen LogP contribution in [0.2, 0.25) is 5.02 Å². The number of nitrogens with one attached hydrogen (secondary N) is 1. The van der Waals surface area contributed by atoms with Crippen molar-refractivity contribution in [1.82, 2.24) is 0 Å². The minimum absolute atomic E-state index is 0.409. The Morgan fingerprint density at radius 3 is 2.69 bits per heavy atom. The molecule has 16 heavy (non-hydrogen) atoms. The number of benzene rings is 1. The summed E-state index contributed by atoms with van der Waals surface area (Å²) >= 11 is 5.96. The van der Waals surface area contributed by atoms with Gasteiger partial charge in [-0.25, -0.2) is 0 Å². The third-order valence-corrected chi connectivity index (χ3v) is 4.01. The molecule has 2 rings (SSSR count). The third kappa shape index (κ3) is 2.35. The fraction of sp³-hybridized carbons (Fsp3) is 0.571. The Morgan fingerprint density at radius 2 is 2.12 bits per heavy atom. The Balaban J connectivity index is 2.15. The number of aryl methyl sites for hydroxylation is 1. The first-order chi connectivity index (χ1) is 7.49. The second-order valence-corrected chi connectivity index (χ2v) is 5.97. The summed E-state index contributed by atoms with van der Waals surface area (Å²) in [5.41, 5.74) is 2.87. The van der Waals surface area contributed by atoms with Gasteiger partial charge in [0.2, 0.25) is 0 Å². The highest BCUT2D eigenvalue weighted by Crippen LogP contribution is 2.39. The van der Waals surface area contributed by atoms with E-state index in [4.69, 9.17) is 11.6 Å². The quantitative estimate of drug-likeness (QED) is 0.790. The predicted molar refractivity (Wildman–Crippen MR) is 71.2 cm³/mol. The van der Waals surface area contributed by atoms with Gasteiger partial charge in [-0.05, 0) is 48.9 Å². The average Bonchev–Trinajstić information content (AvgIpc) is 2.50. The van der Waals surface area contributed by atoms with Crippen molar-refractivity contribution in [3.05, 3.63) is 28.8 Å². The summed E-state index contributed by atoms with van der Waals surface area (Å²) in [7, 11) is 0. The third-order valence-electron chi connectivity index (χ3n) is 3.78. The number of rotatable bonds is 2. The Morgan fingerprint density at radius 1 is 1.38 bits per heavy atom. The molecule has 1 aromatic carbocycles. The molecule has 1 aliphatic rings. The minimum atomic E-state index is 0.409. The van der Waals surface area contributed by atoms with Crippen molar-refractivity contribution in [2.24, 2.45) is 5.41 Å². The summed E-state index contributed by atoms with van der Waals surface area (Å²) in [5, 5.41) is 4.48. The maximum Gasteiger partial charge on any atom is 0.0410 e. The maximum atomic E-state index is 5.96. The number of hydrogen-bond acceptors (Lipinski definition) is 1. The fourth-order valence-corrected chi connectivity index (χ4v) is 2.80. The molecule has 0 bridgehead atoms. The summed E-state index contributed by atoms with van der Waals surface area (Å²) in [6.07, 6.45) is 3.92. The average molecular weight is 238 g/mol. The first-order valence-electron chi connectivity index (χ1n) is 6.02. The van der Waals surface area contributed by atoms with E-state index in [-0.39, 0.29) is 0 Å². The highest BCUT2D eigenvalue weighted by atomic mass is 35.5. The number of hydrogen-bond donors (Lipinski definition) is 1. The van der Waals surface area contributed by atoms with E-state index < -0.39 is 0 Å². The van der Waals surface area contributed by atoms with Crippen LogP contribution in [0.3, 0.4) is 0 Å². The SMILES string of the molecule is Cc1cc(Cl)ccc1NC1CCCC1(C)C. The van der Waals surface area contributed by atoms with Crippen molar-refractivity contribution in [1.29, 1.82) is 0 Å². The molecule has 0 saturated heterocycles. The Hall–Kier alpha value is -0.690. The van der Waals surface area contributed by atoms with Crippen LogP contribution in [0, 0.1) is 12.3 Å². The van der Waals surface area contributed by atoms with Gasteiger partial charge in [0, 0.05) is 16.8 Å². The maximum absolute atomic E-state index is 5.96. The molecule has 0 heterocycles. The Labute approximate surface area is 103 Å². The largest absolute Gasteiger partial charge is 0.382 e. The van der Waals surface area contributed by atoms with Crippen LogP contribution in [0.1, 0.15) is 38.7 Å². The van der Waals surface area contributed by atoms with Gasteiger partial charge in [-0.1, -0.05) is 31.9 Å². The molecule has 2 heteroatoms. The standard InChI is InChI=1S/C14H20ClN/c1-10-9-11(15)6-7-12(10)16-13-5-4-8-14(13,2)3/h6-7,9,13,16H,4-5,8H2,1-3H3. The van der Waals surface area contributed by atoms with Crippen molar-refractivity contribution in [3.63, 3.8) is 0 Å². The first-order valence-corrected chi connectivity index (χ1v) is 6.39. The van der Waals surface area contributed by atoms with Gasteiger partial charge < -0.3 is 5.32 Å². The van der Waals surface area contributed by atoms with Gasteiger partial charge in [0.05, 0.1) is 0 Å². The zero-order chi connectivity index (χ0) is 11.8. The highest BCUT2D eigenvalue weighted by molar-refractivity contribution is 6.30. The lowest BCUT2D eigenvalue weighted by Gasteiger charge is -2.29. The van der Waals surface area contributed by atoms with E-state index in [1.165, 1.54) is 30.5 Å². The fourth-order valence-electron chi connectivity index (χ4n) is 2.57. The van der Waals surface area contributed by atoms with E-state index in [0.717, 1.165) is 5.02 Å². The molecule has 1 saturated carbocycles. The van der Waals surface area contributed by atoms with Crippen LogP contribution in [0.25, 0.3) is 0 Å². The zero-order valence-corrected chi connectivity index (χ0v) is 11.1. The van der Waals surface area contributed by atoms with E-state index >= 15 is 0 Å². The van der Waals surface area contributed by atoms with E-state index in [9.17, 15) is 0 Å². The second-order valence-electron chi connectivity index (χ2n) is 5.54. The topological polar surface area (TPSA) is 12.0 Å². The number of anilines is 1. The summed E-state index contributed by atoms with van der Waals surface area (Å²) in [6.45, 7) is 6.81. The lowest BCUT2D eigenvalue weighted by Crippen LogP contribution is -2.31. The summed E-state index contributed by atoms with van der Waals surface area (Å²) in [4.78, 5) is 0. The van der Waals surface area contributed by atoms with Crippen LogP contribution in [0.5, 0.6) is 0 Å². The van der Waals surface area contributed by atoms with Crippen LogP contribution in [0.15, 0.2) is 18.2 Å². The molecule has 1 aromatic rings. The smallest absolute Gasteiger partial charge is 0.0410 e. The Bertz CT molecular complexity index is 384.